The highest BCUT2D eigenvalue weighted by Gasteiger charge is 2.27. The van der Waals surface area contributed by atoms with Gasteiger partial charge in [0.25, 0.3) is 0 Å². The van der Waals surface area contributed by atoms with E-state index >= 15 is 0 Å². The summed E-state index contributed by atoms with van der Waals surface area (Å²) in [6.07, 6.45) is 0. The molecule has 4 nitrogen and oxygen atoms in total. The van der Waals surface area contributed by atoms with Gasteiger partial charge in [-0.3, -0.25) is 0 Å². The molecule has 0 bridgehead atoms. The van der Waals surface area contributed by atoms with E-state index in [4.69, 9.17) is 9.47 Å². The third-order valence-corrected chi connectivity index (χ3v) is 3.12. The lowest BCUT2D eigenvalue weighted by atomic mass is 10.1. The first-order valence-electron chi connectivity index (χ1n) is 6.98. The van der Waals surface area contributed by atoms with Gasteiger partial charge in [-0.1, -0.05) is 11.8 Å². The molecule has 1 fully saturated rings. The highest BCUT2D eigenvalue weighted by atomic mass is 16.7. The Hall–Kier alpha value is -2.27. The zero-order chi connectivity index (χ0) is 16.0. The van der Waals surface area contributed by atoms with E-state index in [-0.39, 0.29) is 11.9 Å². The number of esters is 1. The first kappa shape index (κ1) is 16.1. The molecule has 0 spiro atoms. The van der Waals surface area contributed by atoms with Gasteiger partial charge in [-0.25, -0.2) is 4.79 Å². The van der Waals surface area contributed by atoms with Gasteiger partial charge in [0.2, 0.25) is 0 Å². The molecule has 0 saturated carbocycles. The van der Waals surface area contributed by atoms with E-state index in [9.17, 15) is 4.79 Å². The number of hydrogen-bond acceptors (Lipinski definition) is 4. The van der Waals surface area contributed by atoms with Crippen LogP contribution in [0.2, 0.25) is 0 Å². The van der Waals surface area contributed by atoms with Crippen LogP contribution in [0.3, 0.4) is 0 Å². The number of carbonyl (C=O) groups is 1. The van der Waals surface area contributed by atoms with Crippen molar-refractivity contribution in [3.05, 3.63) is 35.4 Å². The third-order valence-electron chi connectivity index (χ3n) is 3.12. The monoisotopic (exact) mass is 298 g/mol. The van der Waals surface area contributed by atoms with Gasteiger partial charge >= 0.3 is 5.97 Å². The van der Waals surface area contributed by atoms with Gasteiger partial charge < -0.3 is 14.2 Å². The minimum absolute atomic E-state index is 0.0454. The van der Waals surface area contributed by atoms with E-state index in [0.29, 0.717) is 18.8 Å². The molecule has 0 amide bonds. The van der Waals surface area contributed by atoms with E-state index in [1.807, 2.05) is 13.8 Å². The van der Waals surface area contributed by atoms with Gasteiger partial charge in [-0.05, 0) is 50.0 Å². The van der Waals surface area contributed by atoms with Crippen LogP contribution in [0.1, 0.15) is 29.8 Å². The first-order valence-corrected chi connectivity index (χ1v) is 6.98. The fraction of sp³-hybridized carbons (Fsp3) is 0.389. The Labute approximate surface area is 130 Å². The highest BCUT2D eigenvalue weighted by Crippen LogP contribution is 2.19. The maximum Gasteiger partial charge on any atom is 0.337 e. The lowest BCUT2D eigenvalue weighted by Gasteiger charge is -2.32. The van der Waals surface area contributed by atoms with Crippen LogP contribution in [-0.2, 0) is 14.2 Å². The molecule has 1 aliphatic rings. The second-order valence-corrected chi connectivity index (χ2v) is 5.31. The molecule has 1 saturated heterocycles. The van der Waals surface area contributed by atoms with Crippen molar-refractivity contribution in [1.29, 1.82) is 0 Å². The van der Waals surface area contributed by atoms with Crippen LogP contribution in [0.5, 0.6) is 0 Å². The smallest absolute Gasteiger partial charge is 0.337 e. The van der Waals surface area contributed by atoms with Crippen LogP contribution < -0.4 is 0 Å². The molecular weight excluding hydrogens is 280 g/mol. The zero-order valence-corrected chi connectivity index (χ0v) is 12.9. The lowest BCUT2D eigenvalue weighted by Crippen LogP contribution is -2.38. The molecule has 0 N–H and O–H groups in total. The summed E-state index contributed by atoms with van der Waals surface area (Å²) < 4.78 is 15.7. The molecule has 4 heteroatoms. The topological polar surface area (TPSA) is 44.8 Å². The van der Waals surface area contributed by atoms with Gasteiger partial charge in [-0.2, -0.15) is 0 Å². The summed E-state index contributed by atoms with van der Waals surface area (Å²) in [6, 6.07) is 6.87. The highest BCUT2D eigenvalue weighted by molar-refractivity contribution is 5.89. The maximum atomic E-state index is 11.3. The molecule has 0 aliphatic carbocycles. The molecule has 22 heavy (non-hydrogen) atoms. The molecule has 2 rings (SSSR count). The summed E-state index contributed by atoms with van der Waals surface area (Å²) in [5, 5.41) is 0. The van der Waals surface area contributed by atoms with Crippen molar-refractivity contribution in [3.63, 3.8) is 0 Å². The Balaban J connectivity index is 1.92. The molecule has 0 atom stereocenters. The summed E-state index contributed by atoms with van der Waals surface area (Å²) in [6.45, 7) is 4.87. The van der Waals surface area contributed by atoms with Crippen molar-refractivity contribution >= 4 is 5.97 Å². The number of rotatable bonds is 1. The Morgan fingerprint density at radius 3 is 2.41 bits per heavy atom. The summed E-state index contributed by atoms with van der Waals surface area (Å²) in [5.41, 5.74) is 1.29. The van der Waals surface area contributed by atoms with Crippen LogP contribution in [0.25, 0.3) is 0 Å². The Bertz CT molecular complexity index is 640. The minimum Gasteiger partial charge on any atom is -0.465 e. The summed E-state index contributed by atoms with van der Waals surface area (Å²) in [5.74, 6) is 10.7. The molecule has 0 unspecified atom stereocenters. The van der Waals surface area contributed by atoms with Gasteiger partial charge in [0.05, 0.1) is 31.8 Å². The van der Waals surface area contributed by atoms with Gasteiger partial charge in [0.1, 0.15) is 0 Å². The Kier molecular flexibility index (Phi) is 5.22. The number of hydrogen-bond donors (Lipinski definition) is 0. The largest absolute Gasteiger partial charge is 0.465 e. The molecule has 0 aromatic heterocycles. The fourth-order valence-corrected chi connectivity index (χ4v) is 1.82. The van der Waals surface area contributed by atoms with E-state index < -0.39 is 5.79 Å². The Morgan fingerprint density at radius 2 is 1.82 bits per heavy atom. The lowest BCUT2D eigenvalue weighted by molar-refractivity contribution is -0.254. The Morgan fingerprint density at radius 1 is 1.18 bits per heavy atom. The van der Waals surface area contributed by atoms with Gasteiger partial charge in [0.15, 0.2) is 5.79 Å². The second-order valence-electron chi connectivity index (χ2n) is 5.31. The van der Waals surface area contributed by atoms with E-state index in [1.165, 1.54) is 7.11 Å². The summed E-state index contributed by atoms with van der Waals surface area (Å²) in [7, 11) is 1.35. The van der Waals surface area contributed by atoms with E-state index in [2.05, 4.69) is 28.4 Å². The van der Waals surface area contributed by atoms with Gasteiger partial charge in [-0.15, -0.1) is 0 Å². The van der Waals surface area contributed by atoms with Crippen molar-refractivity contribution < 1.29 is 19.0 Å². The van der Waals surface area contributed by atoms with Crippen molar-refractivity contribution in [3.8, 4) is 23.7 Å². The van der Waals surface area contributed by atoms with Crippen molar-refractivity contribution in [1.82, 2.24) is 0 Å². The van der Waals surface area contributed by atoms with Crippen LogP contribution in [0.4, 0.5) is 0 Å². The summed E-state index contributed by atoms with van der Waals surface area (Å²) in [4.78, 5) is 11.3. The van der Waals surface area contributed by atoms with Crippen LogP contribution in [0, 0.1) is 29.6 Å². The third kappa shape index (κ3) is 4.63. The SMILES string of the molecule is COC(=O)c1ccc(C#CC#CC2COC(C)(C)OC2)cc1. The van der Waals surface area contributed by atoms with Crippen LogP contribution in [0.15, 0.2) is 24.3 Å². The maximum absolute atomic E-state index is 11.3. The normalized spacial score (nSPS) is 16.7. The van der Waals surface area contributed by atoms with Crippen molar-refractivity contribution in [2.24, 2.45) is 5.92 Å². The quantitative estimate of drug-likeness (QED) is 0.589. The zero-order valence-electron chi connectivity index (χ0n) is 12.9. The number of ether oxygens (including phenoxy) is 3. The average molecular weight is 298 g/mol. The fourth-order valence-electron chi connectivity index (χ4n) is 1.82. The van der Waals surface area contributed by atoms with E-state index in [0.717, 1.165) is 5.56 Å². The number of benzene rings is 1. The summed E-state index contributed by atoms with van der Waals surface area (Å²) >= 11 is 0. The predicted molar refractivity (Wildman–Crippen MR) is 81.9 cm³/mol. The molecule has 1 aliphatic heterocycles. The van der Waals surface area contributed by atoms with Crippen molar-refractivity contribution in [2.75, 3.05) is 20.3 Å². The van der Waals surface area contributed by atoms with Gasteiger partial charge in [0, 0.05) is 5.56 Å². The van der Waals surface area contributed by atoms with Crippen molar-refractivity contribution in [2.45, 2.75) is 19.6 Å². The average Bonchev–Trinajstić information content (AvgIpc) is 2.52. The first-order chi connectivity index (χ1) is 10.5. The van der Waals surface area contributed by atoms with E-state index in [1.54, 1.807) is 24.3 Å². The molecule has 1 heterocycles. The molecule has 114 valence electrons. The minimum atomic E-state index is -0.523. The predicted octanol–water partition coefficient (Wildman–Crippen LogP) is 2.23. The van der Waals surface area contributed by atoms with Crippen LogP contribution >= 0.6 is 0 Å². The molecule has 0 radical (unpaired) electrons. The molecule has 1 aromatic carbocycles. The molecule has 1 aromatic rings. The second kappa shape index (κ2) is 7.13. The standard InChI is InChI=1S/C18H18O4/c1-18(2)21-12-15(13-22-18)7-5-4-6-14-8-10-16(11-9-14)17(19)20-3/h8-11,15H,12-13H2,1-3H3. The number of carbonyl (C=O) groups excluding carboxylic acids is 1. The number of methoxy groups -OCH3 is 1. The molecular formula is C18H18O4. The van der Waals surface area contributed by atoms with Crippen LogP contribution in [-0.4, -0.2) is 32.1 Å².